The summed E-state index contributed by atoms with van der Waals surface area (Å²) in [5, 5.41) is 10.4. The SMILES string of the molecule is CC(C(O)c1ccccc1)N(C)C(=O)COc1ccc(Br)cc1. The van der Waals surface area contributed by atoms with Gasteiger partial charge in [0, 0.05) is 11.5 Å². The molecule has 2 unspecified atom stereocenters. The summed E-state index contributed by atoms with van der Waals surface area (Å²) < 4.78 is 6.44. The lowest BCUT2D eigenvalue weighted by atomic mass is 10.0. The summed E-state index contributed by atoms with van der Waals surface area (Å²) in [5.74, 6) is 0.446. The maximum Gasteiger partial charge on any atom is 0.260 e. The first kappa shape index (κ1) is 17.5. The lowest BCUT2D eigenvalue weighted by Gasteiger charge is -2.29. The van der Waals surface area contributed by atoms with E-state index in [1.165, 1.54) is 4.90 Å². The van der Waals surface area contributed by atoms with Crippen LogP contribution in [0.15, 0.2) is 59.1 Å². The van der Waals surface area contributed by atoms with Crippen LogP contribution >= 0.6 is 15.9 Å². The van der Waals surface area contributed by atoms with Crippen LogP contribution in [0, 0.1) is 0 Å². The number of carbonyl (C=O) groups excluding carboxylic acids is 1. The van der Waals surface area contributed by atoms with E-state index >= 15 is 0 Å². The summed E-state index contributed by atoms with van der Waals surface area (Å²) in [5.41, 5.74) is 0.786. The van der Waals surface area contributed by atoms with E-state index in [0.29, 0.717) is 5.75 Å². The highest BCUT2D eigenvalue weighted by Gasteiger charge is 2.24. The van der Waals surface area contributed by atoms with Crippen LogP contribution in [0.1, 0.15) is 18.6 Å². The van der Waals surface area contributed by atoms with Crippen molar-refractivity contribution in [3.8, 4) is 5.75 Å². The number of likely N-dealkylation sites (N-methyl/N-ethyl adjacent to an activating group) is 1. The monoisotopic (exact) mass is 377 g/mol. The Morgan fingerprint density at radius 2 is 1.78 bits per heavy atom. The zero-order valence-electron chi connectivity index (χ0n) is 13.1. The molecule has 4 nitrogen and oxygen atoms in total. The molecule has 0 radical (unpaired) electrons. The predicted octanol–water partition coefficient (Wildman–Crippen LogP) is 3.41. The fourth-order valence-electron chi connectivity index (χ4n) is 2.15. The number of aliphatic hydroxyl groups excluding tert-OH is 1. The van der Waals surface area contributed by atoms with Gasteiger partial charge in [-0.25, -0.2) is 0 Å². The first-order valence-electron chi connectivity index (χ1n) is 7.36. The quantitative estimate of drug-likeness (QED) is 0.838. The van der Waals surface area contributed by atoms with Crippen molar-refractivity contribution >= 4 is 21.8 Å². The van der Waals surface area contributed by atoms with Crippen molar-refractivity contribution in [2.45, 2.75) is 19.1 Å². The van der Waals surface area contributed by atoms with Crippen molar-refractivity contribution in [2.24, 2.45) is 0 Å². The molecule has 0 heterocycles. The van der Waals surface area contributed by atoms with Crippen LogP contribution in [-0.2, 0) is 4.79 Å². The van der Waals surface area contributed by atoms with Crippen LogP contribution in [-0.4, -0.2) is 35.6 Å². The number of halogens is 1. The molecule has 5 heteroatoms. The van der Waals surface area contributed by atoms with E-state index < -0.39 is 6.10 Å². The van der Waals surface area contributed by atoms with Gasteiger partial charge in [0.05, 0.1) is 12.1 Å². The van der Waals surface area contributed by atoms with Crippen LogP contribution in [0.2, 0.25) is 0 Å². The van der Waals surface area contributed by atoms with Crippen molar-refractivity contribution in [3.05, 3.63) is 64.6 Å². The highest BCUT2D eigenvalue weighted by atomic mass is 79.9. The molecule has 2 atom stereocenters. The number of aliphatic hydroxyl groups is 1. The number of ether oxygens (including phenoxy) is 1. The van der Waals surface area contributed by atoms with Crippen molar-refractivity contribution in [1.29, 1.82) is 0 Å². The third kappa shape index (κ3) is 4.81. The number of carbonyl (C=O) groups is 1. The highest BCUT2D eigenvalue weighted by molar-refractivity contribution is 9.10. The van der Waals surface area contributed by atoms with E-state index in [9.17, 15) is 9.90 Å². The van der Waals surface area contributed by atoms with Gasteiger partial charge in [0.25, 0.3) is 5.91 Å². The molecule has 2 aromatic rings. The lowest BCUT2D eigenvalue weighted by molar-refractivity contribution is -0.136. The van der Waals surface area contributed by atoms with E-state index in [2.05, 4.69) is 15.9 Å². The molecule has 0 aliphatic rings. The Morgan fingerprint density at radius 3 is 2.39 bits per heavy atom. The first-order chi connectivity index (χ1) is 11.0. The number of amides is 1. The third-order valence-corrected chi connectivity index (χ3v) is 4.31. The van der Waals surface area contributed by atoms with Crippen LogP contribution in [0.3, 0.4) is 0 Å². The Kier molecular flexibility index (Phi) is 6.19. The Hall–Kier alpha value is -1.85. The normalized spacial score (nSPS) is 13.2. The van der Waals surface area contributed by atoms with Gasteiger partial charge in [0.15, 0.2) is 6.61 Å². The van der Waals surface area contributed by atoms with Gasteiger partial charge in [-0.3, -0.25) is 4.79 Å². The second-order valence-corrected chi connectivity index (χ2v) is 6.26. The van der Waals surface area contributed by atoms with Gasteiger partial charge in [-0.05, 0) is 36.8 Å². The minimum Gasteiger partial charge on any atom is -0.484 e. The van der Waals surface area contributed by atoms with Crippen molar-refractivity contribution in [2.75, 3.05) is 13.7 Å². The summed E-state index contributed by atoms with van der Waals surface area (Å²) in [7, 11) is 1.67. The molecule has 2 aromatic carbocycles. The molecule has 23 heavy (non-hydrogen) atoms. The molecule has 0 spiro atoms. The zero-order chi connectivity index (χ0) is 16.8. The van der Waals surface area contributed by atoms with E-state index in [0.717, 1.165) is 10.0 Å². The number of nitrogens with zero attached hydrogens (tertiary/aromatic N) is 1. The molecule has 1 amide bonds. The number of rotatable bonds is 6. The molecular weight excluding hydrogens is 358 g/mol. The Morgan fingerprint density at radius 1 is 1.17 bits per heavy atom. The Labute approximate surface area is 144 Å². The van der Waals surface area contributed by atoms with Gasteiger partial charge in [-0.15, -0.1) is 0 Å². The van der Waals surface area contributed by atoms with Crippen LogP contribution in [0.4, 0.5) is 0 Å². The van der Waals surface area contributed by atoms with Gasteiger partial charge < -0.3 is 14.7 Å². The van der Waals surface area contributed by atoms with Crippen molar-refractivity contribution in [3.63, 3.8) is 0 Å². The molecule has 0 aliphatic heterocycles. The number of hydrogen-bond acceptors (Lipinski definition) is 3. The van der Waals surface area contributed by atoms with Gasteiger partial charge in [0.1, 0.15) is 5.75 Å². The van der Waals surface area contributed by atoms with Gasteiger partial charge in [0.2, 0.25) is 0 Å². The minimum atomic E-state index is -0.738. The van der Waals surface area contributed by atoms with E-state index in [1.54, 1.807) is 19.2 Å². The fourth-order valence-corrected chi connectivity index (χ4v) is 2.41. The van der Waals surface area contributed by atoms with E-state index in [4.69, 9.17) is 4.74 Å². The molecule has 122 valence electrons. The number of hydrogen-bond donors (Lipinski definition) is 1. The smallest absolute Gasteiger partial charge is 0.260 e. The largest absolute Gasteiger partial charge is 0.484 e. The van der Waals surface area contributed by atoms with Crippen LogP contribution in [0.25, 0.3) is 0 Å². The van der Waals surface area contributed by atoms with Crippen LogP contribution in [0.5, 0.6) is 5.75 Å². The Balaban J connectivity index is 1.92. The molecule has 0 aliphatic carbocycles. The standard InChI is InChI=1S/C18H20BrNO3/c1-13(18(22)14-6-4-3-5-7-14)20(2)17(21)12-23-16-10-8-15(19)9-11-16/h3-11,13,18,22H,12H2,1-2H3. The van der Waals surface area contributed by atoms with Crippen LogP contribution < -0.4 is 4.74 Å². The van der Waals surface area contributed by atoms with Gasteiger partial charge in [-0.2, -0.15) is 0 Å². The molecule has 0 aromatic heterocycles. The average Bonchev–Trinajstić information content (AvgIpc) is 2.59. The van der Waals surface area contributed by atoms with Gasteiger partial charge >= 0.3 is 0 Å². The van der Waals surface area contributed by atoms with Crippen molar-refractivity contribution in [1.82, 2.24) is 4.90 Å². The topological polar surface area (TPSA) is 49.8 Å². The predicted molar refractivity (Wildman–Crippen MR) is 93.3 cm³/mol. The summed E-state index contributed by atoms with van der Waals surface area (Å²) in [6, 6.07) is 16.2. The fraction of sp³-hybridized carbons (Fsp3) is 0.278. The molecule has 0 bridgehead atoms. The molecule has 2 rings (SSSR count). The first-order valence-corrected chi connectivity index (χ1v) is 8.15. The second kappa shape index (κ2) is 8.13. The average molecular weight is 378 g/mol. The summed E-state index contributed by atoms with van der Waals surface area (Å²) in [6.45, 7) is 1.75. The zero-order valence-corrected chi connectivity index (χ0v) is 14.7. The summed E-state index contributed by atoms with van der Waals surface area (Å²) in [6.07, 6.45) is -0.738. The molecule has 0 fully saturated rings. The highest BCUT2D eigenvalue weighted by Crippen LogP contribution is 2.20. The number of benzene rings is 2. The molecule has 0 saturated heterocycles. The van der Waals surface area contributed by atoms with E-state index in [1.807, 2.05) is 49.4 Å². The summed E-state index contributed by atoms with van der Waals surface area (Å²) in [4.78, 5) is 13.8. The van der Waals surface area contributed by atoms with Crippen molar-refractivity contribution < 1.29 is 14.6 Å². The molecular formula is C18H20BrNO3. The molecule has 1 N–H and O–H groups in total. The maximum absolute atomic E-state index is 12.2. The lowest BCUT2D eigenvalue weighted by Crippen LogP contribution is -2.41. The second-order valence-electron chi connectivity index (χ2n) is 5.34. The minimum absolute atomic E-state index is 0.0655. The molecule has 0 saturated carbocycles. The van der Waals surface area contributed by atoms with E-state index in [-0.39, 0.29) is 18.6 Å². The maximum atomic E-state index is 12.2. The summed E-state index contributed by atoms with van der Waals surface area (Å²) >= 11 is 3.35. The Bertz CT molecular complexity index is 630. The van der Waals surface area contributed by atoms with Gasteiger partial charge in [-0.1, -0.05) is 46.3 Å². The third-order valence-electron chi connectivity index (χ3n) is 3.78.